The quantitative estimate of drug-likeness (QED) is 0.808. The highest BCUT2D eigenvalue weighted by Crippen LogP contribution is 2.32. The Bertz CT molecular complexity index is 227. The summed E-state index contributed by atoms with van der Waals surface area (Å²) in [5.74, 6) is 2.55. The van der Waals surface area contributed by atoms with E-state index in [4.69, 9.17) is 4.74 Å². The summed E-state index contributed by atoms with van der Waals surface area (Å²) in [5.41, 5.74) is 0. The minimum Gasteiger partial charge on any atom is -0.377 e. The van der Waals surface area contributed by atoms with Crippen molar-refractivity contribution in [2.45, 2.75) is 70.9 Å². The van der Waals surface area contributed by atoms with Crippen molar-refractivity contribution in [2.75, 3.05) is 13.7 Å². The SMILES string of the molecule is CNC(COC1CC(C)CC(C)C1)C1CCCC1. The zero-order valence-corrected chi connectivity index (χ0v) is 12.5. The van der Waals surface area contributed by atoms with Crippen molar-refractivity contribution in [3.05, 3.63) is 0 Å². The van der Waals surface area contributed by atoms with Gasteiger partial charge in [-0.15, -0.1) is 0 Å². The van der Waals surface area contributed by atoms with E-state index >= 15 is 0 Å². The van der Waals surface area contributed by atoms with Crippen molar-refractivity contribution in [2.24, 2.45) is 17.8 Å². The van der Waals surface area contributed by atoms with Gasteiger partial charge in [0.05, 0.1) is 12.7 Å². The van der Waals surface area contributed by atoms with Crippen molar-refractivity contribution in [3.63, 3.8) is 0 Å². The first kappa shape index (κ1) is 14.3. The molecule has 0 heterocycles. The molecular weight excluding hydrogens is 222 g/mol. The molecule has 2 heteroatoms. The third-order valence-electron chi connectivity index (χ3n) is 4.99. The molecule has 2 rings (SSSR count). The number of ether oxygens (including phenoxy) is 1. The molecular formula is C16H31NO. The number of hydrogen-bond acceptors (Lipinski definition) is 2. The highest BCUT2D eigenvalue weighted by atomic mass is 16.5. The van der Waals surface area contributed by atoms with Gasteiger partial charge in [-0.3, -0.25) is 0 Å². The van der Waals surface area contributed by atoms with Gasteiger partial charge < -0.3 is 10.1 Å². The zero-order chi connectivity index (χ0) is 13.0. The second-order valence-electron chi connectivity index (χ2n) is 6.81. The van der Waals surface area contributed by atoms with Crippen LogP contribution in [0.5, 0.6) is 0 Å². The van der Waals surface area contributed by atoms with Crippen LogP contribution in [0.2, 0.25) is 0 Å². The molecule has 0 spiro atoms. The van der Waals surface area contributed by atoms with Gasteiger partial charge in [0, 0.05) is 6.04 Å². The maximum absolute atomic E-state index is 6.23. The molecule has 0 aliphatic heterocycles. The molecule has 2 aliphatic carbocycles. The monoisotopic (exact) mass is 253 g/mol. The Kier molecular flexibility index (Phi) is 5.50. The Hall–Kier alpha value is -0.0800. The molecule has 2 aliphatic rings. The lowest BCUT2D eigenvalue weighted by molar-refractivity contribution is -0.0146. The normalized spacial score (nSPS) is 35.8. The molecule has 1 N–H and O–H groups in total. The molecule has 3 atom stereocenters. The molecule has 0 amide bonds. The van der Waals surface area contributed by atoms with Crippen LogP contribution in [-0.4, -0.2) is 25.8 Å². The van der Waals surface area contributed by atoms with Gasteiger partial charge in [-0.2, -0.15) is 0 Å². The van der Waals surface area contributed by atoms with E-state index in [0.29, 0.717) is 12.1 Å². The van der Waals surface area contributed by atoms with Crippen LogP contribution in [-0.2, 0) is 4.74 Å². The van der Waals surface area contributed by atoms with Gasteiger partial charge in [-0.25, -0.2) is 0 Å². The van der Waals surface area contributed by atoms with E-state index in [-0.39, 0.29) is 0 Å². The van der Waals surface area contributed by atoms with Crippen molar-refractivity contribution >= 4 is 0 Å². The van der Waals surface area contributed by atoms with Gasteiger partial charge in [0.15, 0.2) is 0 Å². The van der Waals surface area contributed by atoms with Gasteiger partial charge in [-0.05, 0) is 56.9 Å². The maximum Gasteiger partial charge on any atom is 0.0625 e. The summed E-state index contributed by atoms with van der Waals surface area (Å²) in [4.78, 5) is 0. The van der Waals surface area contributed by atoms with E-state index in [0.717, 1.165) is 24.4 Å². The molecule has 0 aromatic carbocycles. The second-order valence-corrected chi connectivity index (χ2v) is 6.81. The van der Waals surface area contributed by atoms with Crippen LogP contribution in [0.1, 0.15) is 58.8 Å². The lowest BCUT2D eigenvalue weighted by Crippen LogP contribution is -2.39. The van der Waals surface area contributed by atoms with E-state index < -0.39 is 0 Å². The number of rotatable bonds is 5. The Balaban J connectivity index is 1.74. The first-order valence-electron chi connectivity index (χ1n) is 7.98. The second kappa shape index (κ2) is 6.91. The highest BCUT2D eigenvalue weighted by Gasteiger charge is 2.28. The van der Waals surface area contributed by atoms with Crippen LogP contribution in [0.15, 0.2) is 0 Å². The van der Waals surface area contributed by atoms with Gasteiger partial charge >= 0.3 is 0 Å². The predicted molar refractivity (Wildman–Crippen MR) is 76.7 cm³/mol. The van der Waals surface area contributed by atoms with Crippen molar-refractivity contribution in [1.82, 2.24) is 5.32 Å². The lowest BCUT2D eigenvalue weighted by atomic mass is 9.82. The number of likely N-dealkylation sites (N-methyl/N-ethyl adjacent to an activating group) is 1. The fourth-order valence-electron chi connectivity index (χ4n) is 4.06. The van der Waals surface area contributed by atoms with E-state index in [1.807, 2.05) is 0 Å². The van der Waals surface area contributed by atoms with Gasteiger partial charge in [-0.1, -0.05) is 26.7 Å². The fourth-order valence-corrected chi connectivity index (χ4v) is 4.06. The molecule has 106 valence electrons. The molecule has 0 aromatic rings. The Labute approximate surface area is 113 Å². The third kappa shape index (κ3) is 3.96. The molecule has 2 saturated carbocycles. The van der Waals surface area contributed by atoms with Crippen molar-refractivity contribution in [1.29, 1.82) is 0 Å². The zero-order valence-electron chi connectivity index (χ0n) is 12.5. The first-order chi connectivity index (χ1) is 8.69. The van der Waals surface area contributed by atoms with Crippen LogP contribution in [0.25, 0.3) is 0 Å². The van der Waals surface area contributed by atoms with Gasteiger partial charge in [0.1, 0.15) is 0 Å². The average molecular weight is 253 g/mol. The van der Waals surface area contributed by atoms with Crippen molar-refractivity contribution < 1.29 is 4.74 Å². The molecule has 0 bridgehead atoms. The van der Waals surface area contributed by atoms with E-state index in [9.17, 15) is 0 Å². The molecule has 18 heavy (non-hydrogen) atoms. The average Bonchev–Trinajstić information content (AvgIpc) is 2.82. The summed E-state index contributed by atoms with van der Waals surface area (Å²) in [7, 11) is 2.10. The summed E-state index contributed by atoms with van der Waals surface area (Å²) < 4.78 is 6.23. The van der Waals surface area contributed by atoms with E-state index in [1.54, 1.807) is 0 Å². The molecule has 0 saturated heterocycles. The Morgan fingerprint density at radius 3 is 2.22 bits per heavy atom. The van der Waals surface area contributed by atoms with Gasteiger partial charge in [0.2, 0.25) is 0 Å². The van der Waals surface area contributed by atoms with Crippen LogP contribution < -0.4 is 5.32 Å². The first-order valence-corrected chi connectivity index (χ1v) is 7.98. The fraction of sp³-hybridized carbons (Fsp3) is 1.00. The summed E-state index contributed by atoms with van der Waals surface area (Å²) in [6.07, 6.45) is 10.1. The summed E-state index contributed by atoms with van der Waals surface area (Å²) in [6, 6.07) is 0.583. The van der Waals surface area contributed by atoms with Crippen LogP contribution in [0.4, 0.5) is 0 Å². The Morgan fingerprint density at radius 2 is 1.67 bits per heavy atom. The summed E-state index contributed by atoms with van der Waals surface area (Å²) in [5, 5.41) is 3.48. The topological polar surface area (TPSA) is 21.3 Å². The molecule has 2 nitrogen and oxygen atoms in total. The highest BCUT2D eigenvalue weighted by molar-refractivity contribution is 4.81. The number of nitrogens with one attached hydrogen (secondary N) is 1. The largest absolute Gasteiger partial charge is 0.377 e. The summed E-state index contributed by atoms with van der Waals surface area (Å²) in [6.45, 7) is 5.67. The van der Waals surface area contributed by atoms with E-state index in [1.165, 1.54) is 44.9 Å². The molecule has 3 unspecified atom stereocenters. The van der Waals surface area contributed by atoms with Gasteiger partial charge in [0.25, 0.3) is 0 Å². The lowest BCUT2D eigenvalue weighted by Gasteiger charge is -2.33. The minimum absolute atomic E-state index is 0.515. The van der Waals surface area contributed by atoms with E-state index in [2.05, 4.69) is 26.2 Å². The molecule has 0 radical (unpaired) electrons. The van der Waals surface area contributed by atoms with Crippen LogP contribution in [0, 0.1) is 17.8 Å². The van der Waals surface area contributed by atoms with Crippen molar-refractivity contribution in [3.8, 4) is 0 Å². The maximum atomic E-state index is 6.23. The predicted octanol–water partition coefficient (Wildman–Crippen LogP) is 3.61. The van der Waals surface area contributed by atoms with Crippen LogP contribution in [0.3, 0.4) is 0 Å². The molecule has 0 aromatic heterocycles. The molecule has 2 fully saturated rings. The number of hydrogen-bond donors (Lipinski definition) is 1. The third-order valence-corrected chi connectivity index (χ3v) is 4.99. The standard InChI is InChI=1S/C16H31NO/c1-12-8-13(2)10-15(9-12)18-11-16(17-3)14-6-4-5-7-14/h12-17H,4-11H2,1-3H3. The summed E-state index contributed by atoms with van der Waals surface area (Å²) >= 11 is 0. The Morgan fingerprint density at radius 1 is 1.06 bits per heavy atom. The minimum atomic E-state index is 0.515. The van der Waals surface area contributed by atoms with Crippen LogP contribution >= 0.6 is 0 Å². The smallest absolute Gasteiger partial charge is 0.0625 e.